The molecule has 5 nitrogen and oxygen atoms in total. The van der Waals surface area contributed by atoms with Gasteiger partial charge in [0.1, 0.15) is 0 Å². The largest absolute Gasteiger partial charge is 0.478 e. The molecular weight excluding hydrogens is 290 g/mol. The number of carbonyl (C=O) groups is 1. The van der Waals surface area contributed by atoms with E-state index < -0.39 is 16.0 Å². The minimum Gasteiger partial charge on any atom is -0.478 e. The molecule has 0 saturated heterocycles. The molecule has 1 aromatic rings. The Balaban J connectivity index is 3.53. The third kappa shape index (κ3) is 3.44. The summed E-state index contributed by atoms with van der Waals surface area (Å²) in [6.45, 7) is 9.34. The van der Waals surface area contributed by atoms with Gasteiger partial charge in [-0.3, -0.25) is 0 Å². The molecule has 1 N–H and O–H groups in total. The van der Waals surface area contributed by atoms with Gasteiger partial charge in [-0.2, -0.15) is 4.31 Å². The standard InChI is InChI=1S/C15H23NO4S/c1-6-11(4)16(7-2)21(19,20)14-9-13(15(17)18)8-10(3)12(14)5/h8-9,11H,6-7H2,1-5H3,(H,17,18). The number of hydrogen-bond donors (Lipinski definition) is 1. The van der Waals surface area contributed by atoms with Gasteiger partial charge in [-0.25, -0.2) is 13.2 Å². The summed E-state index contributed by atoms with van der Waals surface area (Å²) in [5.74, 6) is -1.12. The number of hydrogen-bond acceptors (Lipinski definition) is 3. The number of carboxylic acid groups (broad SMARTS) is 1. The highest BCUT2D eigenvalue weighted by Crippen LogP contribution is 2.26. The fourth-order valence-electron chi connectivity index (χ4n) is 2.27. The Morgan fingerprint density at radius 1 is 1.29 bits per heavy atom. The van der Waals surface area contributed by atoms with Crippen molar-refractivity contribution in [3.8, 4) is 0 Å². The van der Waals surface area contributed by atoms with Crippen LogP contribution in [0.25, 0.3) is 0 Å². The maximum absolute atomic E-state index is 12.8. The molecule has 0 radical (unpaired) electrons. The van der Waals surface area contributed by atoms with Gasteiger partial charge in [0, 0.05) is 12.6 Å². The zero-order valence-electron chi connectivity index (χ0n) is 13.2. The van der Waals surface area contributed by atoms with Crippen LogP contribution in [0.1, 0.15) is 48.7 Å². The van der Waals surface area contributed by atoms with Gasteiger partial charge < -0.3 is 5.11 Å². The van der Waals surface area contributed by atoms with Crippen molar-refractivity contribution in [1.29, 1.82) is 0 Å². The predicted molar refractivity (Wildman–Crippen MR) is 82.2 cm³/mol. The highest BCUT2D eigenvalue weighted by atomic mass is 32.2. The molecule has 0 aliphatic heterocycles. The normalized spacial score (nSPS) is 13.4. The van der Waals surface area contributed by atoms with Crippen LogP contribution >= 0.6 is 0 Å². The molecule has 1 aromatic carbocycles. The quantitative estimate of drug-likeness (QED) is 0.876. The van der Waals surface area contributed by atoms with Crippen LogP contribution in [-0.2, 0) is 10.0 Å². The van der Waals surface area contributed by atoms with E-state index in [-0.39, 0.29) is 16.5 Å². The second-order valence-electron chi connectivity index (χ2n) is 5.19. The molecule has 0 aliphatic carbocycles. The second-order valence-corrected chi connectivity index (χ2v) is 7.05. The Morgan fingerprint density at radius 2 is 1.86 bits per heavy atom. The topological polar surface area (TPSA) is 74.7 Å². The molecule has 0 fully saturated rings. The first-order chi connectivity index (χ1) is 9.66. The number of nitrogens with zero attached hydrogens (tertiary/aromatic N) is 1. The van der Waals surface area contributed by atoms with E-state index in [1.807, 2.05) is 13.8 Å². The SMILES string of the molecule is CCC(C)N(CC)S(=O)(=O)c1cc(C(=O)O)cc(C)c1C. The van der Waals surface area contributed by atoms with E-state index in [1.54, 1.807) is 20.8 Å². The number of benzene rings is 1. The summed E-state index contributed by atoms with van der Waals surface area (Å²) in [6.07, 6.45) is 0.698. The van der Waals surface area contributed by atoms with Crippen molar-refractivity contribution in [1.82, 2.24) is 4.31 Å². The van der Waals surface area contributed by atoms with E-state index in [4.69, 9.17) is 5.11 Å². The van der Waals surface area contributed by atoms with Crippen LogP contribution in [0, 0.1) is 13.8 Å². The van der Waals surface area contributed by atoms with Gasteiger partial charge in [-0.05, 0) is 50.5 Å². The van der Waals surface area contributed by atoms with Gasteiger partial charge >= 0.3 is 5.97 Å². The van der Waals surface area contributed by atoms with Gasteiger partial charge in [-0.15, -0.1) is 0 Å². The zero-order chi connectivity index (χ0) is 16.4. The van der Waals surface area contributed by atoms with Crippen LogP contribution in [0.15, 0.2) is 17.0 Å². The van der Waals surface area contributed by atoms with Gasteiger partial charge in [0.05, 0.1) is 10.5 Å². The van der Waals surface area contributed by atoms with Crippen molar-refractivity contribution in [2.45, 2.75) is 52.0 Å². The lowest BCUT2D eigenvalue weighted by atomic mass is 10.1. The van der Waals surface area contributed by atoms with E-state index in [2.05, 4.69) is 0 Å². The first-order valence-corrected chi connectivity index (χ1v) is 8.47. The summed E-state index contributed by atoms with van der Waals surface area (Å²) in [4.78, 5) is 11.2. The van der Waals surface area contributed by atoms with Crippen LogP contribution in [0.2, 0.25) is 0 Å². The van der Waals surface area contributed by atoms with Crippen molar-refractivity contribution in [2.24, 2.45) is 0 Å². The molecule has 0 bridgehead atoms. The van der Waals surface area contributed by atoms with E-state index in [0.29, 0.717) is 24.1 Å². The molecule has 0 heterocycles. The summed E-state index contributed by atoms with van der Waals surface area (Å²) in [5, 5.41) is 9.13. The number of rotatable bonds is 6. The third-order valence-electron chi connectivity index (χ3n) is 3.85. The number of aryl methyl sites for hydroxylation is 1. The summed E-state index contributed by atoms with van der Waals surface area (Å²) < 4.78 is 27.1. The first-order valence-electron chi connectivity index (χ1n) is 7.03. The highest BCUT2D eigenvalue weighted by Gasteiger charge is 2.29. The van der Waals surface area contributed by atoms with Crippen LogP contribution in [0.3, 0.4) is 0 Å². The Kier molecular flexibility index (Phi) is 5.53. The number of aromatic carboxylic acids is 1. The van der Waals surface area contributed by atoms with Gasteiger partial charge in [0.2, 0.25) is 10.0 Å². The second kappa shape index (κ2) is 6.58. The minimum absolute atomic E-state index is 0.00289. The maximum Gasteiger partial charge on any atom is 0.335 e. The average molecular weight is 313 g/mol. The highest BCUT2D eigenvalue weighted by molar-refractivity contribution is 7.89. The molecule has 0 saturated carbocycles. The van der Waals surface area contributed by atoms with Crippen molar-refractivity contribution >= 4 is 16.0 Å². The first kappa shape index (κ1) is 17.7. The van der Waals surface area contributed by atoms with E-state index in [9.17, 15) is 13.2 Å². The Bertz CT molecular complexity index is 637. The monoisotopic (exact) mass is 313 g/mol. The molecule has 1 unspecified atom stereocenters. The lowest BCUT2D eigenvalue weighted by molar-refractivity contribution is 0.0696. The molecule has 118 valence electrons. The molecule has 6 heteroatoms. The van der Waals surface area contributed by atoms with Crippen molar-refractivity contribution in [3.63, 3.8) is 0 Å². The maximum atomic E-state index is 12.8. The Morgan fingerprint density at radius 3 is 2.29 bits per heavy atom. The molecular formula is C15H23NO4S. The van der Waals surface area contributed by atoms with Crippen LogP contribution in [0.5, 0.6) is 0 Å². The smallest absolute Gasteiger partial charge is 0.335 e. The summed E-state index contributed by atoms with van der Waals surface area (Å²) in [5.41, 5.74) is 1.26. The molecule has 1 rings (SSSR count). The lowest BCUT2D eigenvalue weighted by Gasteiger charge is -2.27. The van der Waals surface area contributed by atoms with Crippen LogP contribution < -0.4 is 0 Å². The van der Waals surface area contributed by atoms with Crippen molar-refractivity contribution in [2.75, 3.05) is 6.54 Å². The molecule has 0 aliphatic rings. The fourth-order valence-corrected chi connectivity index (χ4v) is 4.31. The zero-order valence-corrected chi connectivity index (χ0v) is 14.0. The van der Waals surface area contributed by atoms with Crippen LogP contribution in [-0.4, -0.2) is 36.4 Å². The number of sulfonamides is 1. The van der Waals surface area contributed by atoms with Gasteiger partial charge in [0.15, 0.2) is 0 Å². The van der Waals surface area contributed by atoms with E-state index in [1.165, 1.54) is 16.4 Å². The Labute approximate surface area is 126 Å². The molecule has 21 heavy (non-hydrogen) atoms. The summed E-state index contributed by atoms with van der Waals surface area (Å²) in [7, 11) is -3.70. The average Bonchev–Trinajstić information content (AvgIpc) is 2.41. The molecule has 0 amide bonds. The molecule has 0 aromatic heterocycles. The predicted octanol–water partition coefficient (Wildman–Crippen LogP) is 2.81. The summed E-state index contributed by atoms with van der Waals surface area (Å²) >= 11 is 0. The number of carboxylic acids is 1. The van der Waals surface area contributed by atoms with Crippen molar-refractivity contribution in [3.05, 3.63) is 28.8 Å². The third-order valence-corrected chi connectivity index (χ3v) is 6.06. The van der Waals surface area contributed by atoms with Gasteiger partial charge in [0.25, 0.3) is 0 Å². The minimum atomic E-state index is -3.70. The van der Waals surface area contributed by atoms with E-state index in [0.717, 1.165) is 0 Å². The molecule has 0 spiro atoms. The van der Waals surface area contributed by atoms with E-state index >= 15 is 0 Å². The Hall–Kier alpha value is -1.40. The summed E-state index contributed by atoms with van der Waals surface area (Å²) in [6, 6.07) is 2.62. The fraction of sp³-hybridized carbons (Fsp3) is 0.533. The lowest BCUT2D eigenvalue weighted by Crippen LogP contribution is -2.38. The van der Waals surface area contributed by atoms with Crippen molar-refractivity contribution < 1.29 is 18.3 Å². The van der Waals surface area contributed by atoms with Crippen LogP contribution in [0.4, 0.5) is 0 Å². The van der Waals surface area contributed by atoms with Gasteiger partial charge in [-0.1, -0.05) is 13.8 Å². The molecule has 1 atom stereocenters.